The zero-order chi connectivity index (χ0) is 19.1. The highest BCUT2D eigenvalue weighted by Gasteiger charge is 2.10. The van der Waals surface area contributed by atoms with E-state index in [2.05, 4.69) is 68.8 Å². The van der Waals surface area contributed by atoms with Crippen molar-refractivity contribution in [3.05, 3.63) is 36.0 Å². The number of hydrogen-bond donors (Lipinski definition) is 2. The van der Waals surface area contributed by atoms with Gasteiger partial charge in [-0.2, -0.15) is 4.98 Å². The predicted molar refractivity (Wildman–Crippen MR) is 114 cm³/mol. The smallest absolute Gasteiger partial charge is 0.224 e. The average Bonchev–Trinajstić information content (AvgIpc) is 2.66. The lowest BCUT2D eigenvalue weighted by molar-refractivity contribution is 0.405. The molecule has 6 nitrogen and oxygen atoms in total. The van der Waals surface area contributed by atoms with Crippen molar-refractivity contribution in [1.29, 1.82) is 0 Å². The molecule has 1 fully saturated rings. The SMILES string of the molecule is Cc1cc(Nc2ccc(N3CCCCC3)cc2)nc(NCCCN(C)C)n1. The third-order valence-corrected chi connectivity index (χ3v) is 4.78. The lowest BCUT2D eigenvalue weighted by Gasteiger charge is -2.28. The molecule has 0 atom stereocenters. The fraction of sp³-hybridized carbons (Fsp3) is 0.524. The van der Waals surface area contributed by atoms with Crippen molar-refractivity contribution in [2.24, 2.45) is 0 Å². The van der Waals surface area contributed by atoms with Crippen LogP contribution in [0.4, 0.5) is 23.1 Å². The molecule has 1 aliphatic rings. The Bertz CT molecular complexity index is 707. The topological polar surface area (TPSA) is 56.3 Å². The maximum atomic E-state index is 4.60. The summed E-state index contributed by atoms with van der Waals surface area (Å²) >= 11 is 0. The van der Waals surface area contributed by atoms with Crippen molar-refractivity contribution in [3.8, 4) is 0 Å². The summed E-state index contributed by atoms with van der Waals surface area (Å²) in [5, 5.41) is 6.73. The predicted octanol–water partition coefficient (Wildman–Crippen LogP) is 3.88. The molecule has 6 heteroatoms. The minimum atomic E-state index is 0.682. The Kier molecular flexibility index (Phi) is 6.87. The lowest BCUT2D eigenvalue weighted by Crippen LogP contribution is -2.29. The first-order chi connectivity index (χ1) is 13.1. The van der Waals surface area contributed by atoms with Crippen molar-refractivity contribution in [2.75, 3.05) is 55.8 Å². The number of hydrogen-bond acceptors (Lipinski definition) is 6. The first-order valence-corrected chi connectivity index (χ1v) is 9.96. The van der Waals surface area contributed by atoms with Gasteiger partial charge in [0.1, 0.15) is 5.82 Å². The van der Waals surface area contributed by atoms with Crippen LogP contribution in [0.15, 0.2) is 30.3 Å². The van der Waals surface area contributed by atoms with Crippen LogP contribution in [0.3, 0.4) is 0 Å². The minimum Gasteiger partial charge on any atom is -0.372 e. The maximum Gasteiger partial charge on any atom is 0.224 e. The van der Waals surface area contributed by atoms with E-state index in [1.54, 1.807) is 0 Å². The van der Waals surface area contributed by atoms with Gasteiger partial charge in [0.2, 0.25) is 5.95 Å². The first-order valence-electron chi connectivity index (χ1n) is 9.96. The van der Waals surface area contributed by atoms with Gasteiger partial charge in [-0.15, -0.1) is 0 Å². The zero-order valence-electron chi connectivity index (χ0n) is 16.8. The van der Waals surface area contributed by atoms with E-state index >= 15 is 0 Å². The van der Waals surface area contributed by atoms with E-state index in [1.165, 1.54) is 38.0 Å². The van der Waals surface area contributed by atoms with Crippen LogP contribution < -0.4 is 15.5 Å². The number of benzene rings is 1. The number of aromatic nitrogens is 2. The summed E-state index contributed by atoms with van der Waals surface area (Å²) in [4.78, 5) is 13.7. The second kappa shape index (κ2) is 9.55. The second-order valence-corrected chi connectivity index (χ2v) is 7.52. The summed E-state index contributed by atoms with van der Waals surface area (Å²) in [5.41, 5.74) is 3.31. The molecule has 2 heterocycles. The van der Waals surface area contributed by atoms with Crippen LogP contribution in [0.1, 0.15) is 31.4 Å². The van der Waals surface area contributed by atoms with E-state index < -0.39 is 0 Å². The van der Waals surface area contributed by atoms with Gasteiger partial charge in [-0.3, -0.25) is 0 Å². The second-order valence-electron chi connectivity index (χ2n) is 7.52. The molecule has 0 aliphatic carbocycles. The Morgan fingerprint density at radius 1 is 1.04 bits per heavy atom. The number of piperidine rings is 1. The van der Waals surface area contributed by atoms with Gasteiger partial charge in [0.05, 0.1) is 0 Å². The molecule has 0 saturated carbocycles. The molecule has 1 aromatic heterocycles. The van der Waals surface area contributed by atoms with E-state index in [0.717, 1.165) is 36.7 Å². The highest BCUT2D eigenvalue weighted by atomic mass is 15.2. The average molecular weight is 369 g/mol. The zero-order valence-corrected chi connectivity index (χ0v) is 16.8. The molecule has 2 N–H and O–H groups in total. The maximum absolute atomic E-state index is 4.60. The van der Waals surface area contributed by atoms with Crippen molar-refractivity contribution < 1.29 is 0 Å². The number of anilines is 4. The highest BCUT2D eigenvalue weighted by Crippen LogP contribution is 2.23. The fourth-order valence-corrected chi connectivity index (χ4v) is 3.36. The largest absolute Gasteiger partial charge is 0.372 e. The van der Waals surface area contributed by atoms with Gasteiger partial charge in [0.15, 0.2) is 0 Å². The first kappa shape index (κ1) is 19.4. The highest BCUT2D eigenvalue weighted by molar-refractivity contribution is 5.61. The van der Waals surface area contributed by atoms with Crippen LogP contribution in [-0.2, 0) is 0 Å². The normalized spacial score (nSPS) is 14.4. The van der Waals surface area contributed by atoms with Crippen LogP contribution in [0, 0.1) is 6.92 Å². The van der Waals surface area contributed by atoms with E-state index in [4.69, 9.17) is 0 Å². The minimum absolute atomic E-state index is 0.682. The van der Waals surface area contributed by atoms with Gasteiger partial charge in [0.25, 0.3) is 0 Å². The van der Waals surface area contributed by atoms with Crippen LogP contribution in [0.2, 0.25) is 0 Å². The van der Waals surface area contributed by atoms with Gasteiger partial charge in [-0.1, -0.05) is 0 Å². The van der Waals surface area contributed by atoms with Crippen LogP contribution >= 0.6 is 0 Å². The van der Waals surface area contributed by atoms with Gasteiger partial charge in [-0.25, -0.2) is 4.98 Å². The summed E-state index contributed by atoms with van der Waals surface area (Å²) in [7, 11) is 4.17. The standard InChI is InChI=1S/C21H32N6/c1-17-16-20(25-21(23-17)22-12-7-13-26(2)3)24-18-8-10-19(11-9-18)27-14-5-4-6-15-27/h8-11,16H,4-7,12-15H2,1-3H3,(H2,22,23,24,25). The summed E-state index contributed by atoms with van der Waals surface area (Å²) in [6.07, 6.45) is 5.01. The number of aryl methyl sites for hydroxylation is 1. The molecule has 0 bridgehead atoms. The molecule has 1 aliphatic heterocycles. The Morgan fingerprint density at radius 3 is 2.48 bits per heavy atom. The number of rotatable bonds is 8. The van der Waals surface area contributed by atoms with Gasteiger partial charge < -0.3 is 20.4 Å². The molecule has 27 heavy (non-hydrogen) atoms. The van der Waals surface area contributed by atoms with Crippen molar-refractivity contribution in [3.63, 3.8) is 0 Å². The van der Waals surface area contributed by atoms with Gasteiger partial charge in [-0.05, 0) is 77.5 Å². The Hall–Kier alpha value is -2.34. The van der Waals surface area contributed by atoms with Gasteiger partial charge >= 0.3 is 0 Å². The molecule has 0 amide bonds. The molecule has 3 rings (SSSR count). The molecule has 146 valence electrons. The van der Waals surface area contributed by atoms with Crippen molar-refractivity contribution >= 4 is 23.1 Å². The third-order valence-electron chi connectivity index (χ3n) is 4.78. The molecular formula is C21H32N6. The molecule has 0 unspecified atom stereocenters. The molecule has 0 radical (unpaired) electrons. The summed E-state index contributed by atoms with van der Waals surface area (Å²) < 4.78 is 0. The number of nitrogens with one attached hydrogen (secondary N) is 2. The molecule has 1 saturated heterocycles. The molecule has 2 aromatic rings. The monoisotopic (exact) mass is 368 g/mol. The van der Waals surface area contributed by atoms with Crippen LogP contribution in [0.25, 0.3) is 0 Å². The Balaban J connectivity index is 1.59. The van der Waals surface area contributed by atoms with Gasteiger partial charge in [0, 0.05) is 42.8 Å². The fourth-order valence-electron chi connectivity index (χ4n) is 3.36. The van der Waals surface area contributed by atoms with Crippen molar-refractivity contribution in [2.45, 2.75) is 32.6 Å². The molecule has 0 spiro atoms. The number of nitrogens with zero attached hydrogens (tertiary/aromatic N) is 4. The van der Waals surface area contributed by atoms with Crippen LogP contribution in [0.5, 0.6) is 0 Å². The quantitative estimate of drug-likeness (QED) is 0.690. The van der Waals surface area contributed by atoms with E-state index in [0.29, 0.717) is 5.95 Å². The third kappa shape index (κ3) is 6.10. The molecular weight excluding hydrogens is 336 g/mol. The van der Waals surface area contributed by atoms with Crippen LogP contribution in [-0.4, -0.2) is 55.1 Å². The lowest BCUT2D eigenvalue weighted by atomic mass is 10.1. The molecule has 1 aromatic carbocycles. The van der Waals surface area contributed by atoms with Crippen molar-refractivity contribution in [1.82, 2.24) is 14.9 Å². The Labute approximate surface area is 163 Å². The summed E-state index contributed by atoms with van der Waals surface area (Å²) in [6, 6.07) is 10.6. The Morgan fingerprint density at radius 2 is 1.78 bits per heavy atom. The summed E-state index contributed by atoms with van der Waals surface area (Å²) in [6.45, 7) is 6.25. The summed E-state index contributed by atoms with van der Waals surface area (Å²) in [5.74, 6) is 1.50. The van der Waals surface area contributed by atoms with E-state index in [-0.39, 0.29) is 0 Å². The van der Waals surface area contributed by atoms with E-state index in [9.17, 15) is 0 Å². The van der Waals surface area contributed by atoms with E-state index in [1.807, 2.05) is 13.0 Å².